The molecule has 2 heteroatoms. The van der Waals surface area contributed by atoms with Gasteiger partial charge in [0.15, 0.2) is 0 Å². The average Bonchev–Trinajstić information content (AvgIpc) is 2.84. The van der Waals surface area contributed by atoms with Gasteiger partial charge in [-0.3, -0.25) is 4.90 Å². The van der Waals surface area contributed by atoms with E-state index in [2.05, 4.69) is 17.1 Å². The summed E-state index contributed by atoms with van der Waals surface area (Å²) in [6.45, 7) is 7.33. The third-order valence-corrected chi connectivity index (χ3v) is 3.42. The fourth-order valence-electron chi connectivity index (χ4n) is 2.32. The molecule has 0 bridgehead atoms. The fourth-order valence-corrected chi connectivity index (χ4v) is 2.32. The number of nitrogens with one attached hydrogen (secondary N) is 1. The molecule has 0 unspecified atom stereocenters. The van der Waals surface area contributed by atoms with Crippen LogP contribution in [0.25, 0.3) is 0 Å². The van der Waals surface area contributed by atoms with Crippen molar-refractivity contribution < 1.29 is 0 Å². The van der Waals surface area contributed by atoms with Gasteiger partial charge < -0.3 is 5.32 Å². The van der Waals surface area contributed by atoms with E-state index in [9.17, 15) is 0 Å². The van der Waals surface area contributed by atoms with Crippen LogP contribution in [0.1, 0.15) is 32.6 Å². The van der Waals surface area contributed by atoms with Gasteiger partial charge in [0.1, 0.15) is 0 Å². The predicted octanol–water partition coefficient (Wildman–Crippen LogP) is 1.47. The summed E-state index contributed by atoms with van der Waals surface area (Å²) in [5.74, 6) is 1.02. The third kappa shape index (κ3) is 2.68. The fraction of sp³-hybridized carbons (Fsp3) is 1.00. The van der Waals surface area contributed by atoms with Crippen LogP contribution >= 0.6 is 0 Å². The first kappa shape index (κ1) is 9.47. The molecule has 1 aliphatic carbocycles. The van der Waals surface area contributed by atoms with Crippen LogP contribution in [0, 0.1) is 5.92 Å². The van der Waals surface area contributed by atoms with Crippen molar-refractivity contribution in [3.8, 4) is 0 Å². The zero-order valence-electron chi connectivity index (χ0n) is 8.76. The molecule has 1 N–H and O–H groups in total. The minimum absolute atomic E-state index is 0.837. The smallest absolute Gasteiger partial charge is 0.0220 e. The molecule has 0 aromatic heterocycles. The van der Waals surface area contributed by atoms with E-state index >= 15 is 0 Å². The summed E-state index contributed by atoms with van der Waals surface area (Å²) >= 11 is 0. The summed E-state index contributed by atoms with van der Waals surface area (Å²) in [7, 11) is 0. The van der Waals surface area contributed by atoms with Crippen molar-refractivity contribution in [2.75, 3.05) is 26.2 Å². The first-order valence-electron chi connectivity index (χ1n) is 5.85. The van der Waals surface area contributed by atoms with Gasteiger partial charge in [0.2, 0.25) is 0 Å². The lowest BCUT2D eigenvalue weighted by molar-refractivity contribution is 0.259. The summed E-state index contributed by atoms with van der Waals surface area (Å²) < 4.78 is 0. The maximum atomic E-state index is 3.61. The number of hydrogen-bond donors (Lipinski definition) is 1. The lowest BCUT2D eigenvalue weighted by Gasteiger charge is -2.22. The van der Waals surface area contributed by atoms with Crippen molar-refractivity contribution in [1.82, 2.24) is 10.2 Å². The molecule has 1 saturated carbocycles. The van der Waals surface area contributed by atoms with E-state index in [1.807, 2.05) is 0 Å². The maximum Gasteiger partial charge on any atom is 0.0220 e. The standard InChI is InChI=1S/C11H22N2/c1-2-13-7-3-4-11(13)9-12-8-10-5-6-10/h10-12H,2-9H2,1H3/t11-/m0/s1. The van der Waals surface area contributed by atoms with E-state index in [1.165, 1.54) is 51.9 Å². The highest BCUT2D eigenvalue weighted by atomic mass is 15.2. The van der Waals surface area contributed by atoms with Crippen molar-refractivity contribution in [2.45, 2.75) is 38.6 Å². The van der Waals surface area contributed by atoms with Gasteiger partial charge in [-0.05, 0) is 51.2 Å². The van der Waals surface area contributed by atoms with Gasteiger partial charge in [0.05, 0.1) is 0 Å². The molecule has 76 valence electrons. The number of likely N-dealkylation sites (N-methyl/N-ethyl adjacent to an activating group) is 1. The molecular weight excluding hydrogens is 160 g/mol. The van der Waals surface area contributed by atoms with Crippen LogP contribution < -0.4 is 5.32 Å². The molecule has 2 rings (SSSR count). The number of hydrogen-bond acceptors (Lipinski definition) is 2. The molecule has 1 heterocycles. The molecule has 0 amide bonds. The molecule has 2 nitrogen and oxygen atoms in total. The number of likely N-dealkylation sites (tertiary alicyclic amines) is 1. The van der Waals surface area contributed by atoms with Gasteiger partial charge >= 0.3 is 0 Å². The quantitative estimate of drug-likeness (QED) is 0.692. The van der Waals surface area contributed by atoms with Crippen molar-refractivity contribution in [1.29, 1.82) is 0 Å². The molecule has 2 fully saturated rings. The van der Waals surface area contributed by atoms with Crippen molar-refractivity contribution >= 4 is 0 Å². The van der Waals surface area contributed by atoms with E-state index in [4.69, 9.17) is 0 Å². The highest BCUT2D eigenvalue weighted by molar-refractivity contribution is 4.82. The Kier molecular flexibility index (Phi) is 3.23. The molecule has 1 saturated heterocycles. The second-order valence-corrected chi connectivity index (χ2v) is 4.53. The van der Waals surface area contributed by atoms with Crippen LogP contribution in [0.2, 0.25) is 0 Å². The summed E-state index contributed by atoms with van der Waals surface area (Å²) in [6.07, 6.45) is 5.75. The predicted molar refractivity (Wildman–Crippen MR) is 55.9 cm³/mol. The summed E-state index contributed by atoms with van der Waals surface area (Å²) in [5.41, 5.74) is 0. The van der Waals surface area contributed by atoms with Crippen molar-refractivity contribution in [2.24, 2.45) is 5.92 Å². The molecule has 13 heavy (non-hydrogen) atoms. The van der Waals surface area contributed by atoms with Crippen LogP contribution in [-0.2, 0) is 0 Å². The SMILES string of the molecule is CCN1CCC[C@H]1CNCC1CC1. The molecule has 1 aliphatic heterocycles. The van der Waals surface area contributed by atoms with Gasteiger partial charge in [-0.25, -0.2) is 0 Å². The Bertz CT molecular complexity index is 154. The molecule has 1 atom stereocenters. The molecule has 0 spiro atoms. The molecule has 0 aromatic rings. The third-order valence-electron chi connectivity index (χ3n) is 3.42. The number of rotatable bonds is 5. The first-order valence-corrected chi connectivity index (χ1v) is 5.85. The van der Waals surface area contributed by atoms with Gasteiger partial charge in [-0.1, -0.05) is 6.92 Å². The van der Waals surface area contributed by atoms with Gasteiger partial charge in [0, 0.05) is 12.6 Å². The van der Waals surface area contributed by atoms with Crippen LogP contribution in [0.5, 0.6) is 0 Å². The largest absolute Gasteiger partial charge is 0.315 e. The first-order chi connectivity index (χ1) is 6.40. The highest BCUT2D eigenvalue weighted by Gasteiger charge is 2.24. The normalized spacial score (nSPS) is 29.8. The second-order valence-electron chi connectivity index (χ2n) is 4.53. The summed E-state index contributed by atoms with van der Waals surface area (Å²) in [4.78, 5) is 2.61. The Morgan fingerprint density at radius 1 is 1.23 bits per heavy atom. The van der Waals surface area contributed by atoms with Crippen LogP contribution in [0.4, 0.5) is 0 Å². The Balaban J connectivity index is 1.61. The van der Waals surface area contributed by atoms with Gasteiger partial charge in [-0.2, -0.15) is 0 Å². The van der Waals surface area contributed by atoms with Gasteiger partial charge in [-0.15, -0.1) is 0 Å². The minimum atomic E-state index is 0.837. The molecule has 0 radical (unpaired) electrons. The van der Waals surface area contributed by atoms with Crippen LogP contribution in [0.3, 0.4) is 0 Å². The zero-order chi connectivity index (χ0) is 9.10. The van der Waals surface area contributed by atoms with E-state index < -0.39 is 0 Å². The molecule has 2 aliphatic rings. The minimum Gasteiger partial charge on any atom is -0.315 e. The average molecular weight is 182 g/mol. The maximum absolute atomic E-state index is 3.61. The number of nitrogens with zero attached hydrogens (tertiary/aromatic N) is 1. The lowest BCUT2D eigenvalue weighted by atomic mass is 10.2. The Morgan fingerprint density at radius 2 is 2.08 bits per heavy atom. The van der Waals surface area contributed by atoms with Crippen molar-refractivity contribution in [3.05, 3.63) is 0 Å². The Morgan fingerprint density at radius 3 is 2.77 bits per heavy atom. The highest BCUT2D eigenvalue weighted by Crippen LogP contribution is 2.27. The lowest BCUT2D eigenvalue weighted by Crippen LogP contribution is -2.38. The van der Waals surface area contributed by atoms with Gasteiger partial charge in [0.25, 0.3) is 0 Å². The molecular formula is C11H22N2. The van der Waals surface area contributed by atoms with Crippen LogP contribution in [0.15, 0.2) is 0 Å². The van der Waals surface area contributed by atoms with E-state index in [-0.39, 0.29) is 0 Å². The van der Waals surface area contributed by atoms with E-state index in [0.717, 1.165) is 12.0 Å². The monoisotopic (exact) mass is 182 g/mol. The van der Waals surface area contributed by atoms with Crippen LogP contribution in [-0.4, -0.2) is 37.1 Å². The second kappa shape index (κ2) is 4.43. The Labute approximate surface area is 81.7 Å². The Hall–Kier alpha value is -0.0800. The zero-order valence-corrected chi connectivity index (χ0v) is 8.76. The van der Waals surface area contributed by atoms with Crippen molar-refractivity contribution in [3.63, 3.8) is 0 Å². The summed E-state index contributed by atoms with van der Waals surface area (Å²) in [6, 6.07) is 0.837. The van der Waals surface area contributed by atoms with E-state index in [1.54, 1.807) is 0 Å². The summed E-state index contributed by atoms with van der Waals surface area (Å²) in [5, 5.41) is 3.61. The molecule has 0 aromatic carbocycles. The topological polar surface area (TPSA) is 15.3 Å². The van der Waals surface area contributed by atoms with E-state index in [0.29, 0.717) is 0 Å².